The van der Waals surface area contributed by atoms with Crippen LogP contribution in [0.2, 0.25) is 0 Å². The highest BCUT2D eigenvalue weighted by Gasteiger charge is 2.37. The lowest BCUT2D eigenvalue weighted by Crippen LogP contribution is -2.20. The van der Waals surface area contributed by atoms with Gasteiger partial charge in [-0.3, -0.25) is 0 Å². The van der Waals surface area contributed by atoms with Crippen LogP contribution in [0, 0.1) is 22.7 Å². The van der Waals surface area contributed by atoms with E-state index in [4.69, 9.17) is 8.83 Å². The lowest BCUT2D eigenvalue weighted by Gasteiger charge is -2.34. The molecule has 2 aliphatic rings. The van der Waals surface area contributed by atoms with E-state index in [0.29, 0.717) is 16.8 Å². The van der Waals surface area contributed by atoms with Crippen LogP contribution in [-0.2, 0) is 0 Å². The second-order valence-electron chi connectivity index (χ2n) is 17.7. The maximum Gasteiger partial charge on any atom is 0.160 e. The minimum Gasteiger partial charge on any atom is -0.454 e. The largest absolute Gasteiger partial charge is 0.454 e. The van der Waals surface area contributed by atoms with Gasteiger partial charge in [-0.2, -0.15) is 10.5 Å². The fourth-order valence-corrected chi connectivity index (χ4v) is 12.0. The van der Waals surface area contributed by atoms with Crippen molar-refractivity contribution in [3.8, 4) is 23.5 Å². The summed E-state index contributed by atoms with van der Waals surface area (Å²) in [7, 11) is 0. The van der Waals surface area contributed by atoms with E-state index in [0.717, 1.165) is 156 Å². The molecule has 6 nitrogen and oxygen atoms in total. The number of fused-ring (bicyclic) bond motifs is 14. The molecule has 0 N–H and O–H groups in total. The fourth-order valence-electron chi connectivity index (χ4n) is 12.0. The Morgan fingerprint density at radius 3 is 1.24 bits per heavy atom. The minimum atomic E-state index is 0.118. The highest BCUT2D eigenvalue weighted by atomic mass is 16.3. The zero-order valence-electron chi connectivity index (χ0n) is 34.4. The first-order valence-electron chi connectivity index (χ1n) is 22.4. The van der Waals surface area contributed by atoms with Crippen molar-refractivity contribution in [1.82, 2.24) is 9.13 Å². The van der Waals surface area contributed by atoms with Gasteiger partial charge in [-0.25, -0.2) is 0 Å². The van der Waals surface area contributed by atoms with Crippen molar-refractivity contribution >= 4 is 87.5 Å². The Kier molecular flexibility index (Phi) is 7.79. The molecular weight excluding hydrogens is 761 g/mol. The second-order valence-corrected chi connectivity index (χ2v) is 17.7. The molecule has 0 amide bonds. The molecule has 4 heterocycles. The van der Waals surface area contributed by atoms with E-state index in [9.17, 15) is 10.5 Å². The molecule has 6 heteroatoms. The Bertz CT molecular complexity index is 3700. The summed E-state index contributed by atoms with van der Waals surface area (Å²) in [5.41, 5.74) is 12.2. The number of rotatable bonds is 4. The molecule has 0 bridgehead atoms. The van der Waals surface area contributed by atoms with Crippen molar-refractivity contribution in [2.24, 2.45) is 0 Å². The first kappa shape index (κ1) is 35.5. The van der Waals surface area contributed by atoms with Gasteiger partial charge in [0.15, 0.2) is 11.2 Å². The van der Waals surface area contributed by atoms with E-state index in [1.54, 1.807) is 0 Å². The maximum atomic E-state index is 12.0. The topological polar surface area (TPSA) is 83.7 Å². The van der Waals surface area contributed by atoms with E-state index in [1.807, 2.05) is 18.2 Å². The number of para-hydroxylation sites is 4. The van der Waals surface area contributed by atoms with Crippen molar-refractivity contribution in [1.29, 1.82) is 10.5 Å². The number of benzene rings is 7. The number of hydrogen-bond acceptors (Lipinski definition) is 4. The summed E-state index contributed by atoms with van der Waals surface area (Å²) < 4.78 is 18.5. The molecule has 62 heavy (non-hydrogen) atoms. The molecule has 2 aliphatic carbocycles. The molecule has 4 aromatic heterocycles. The summed E-state index contributed by atoms with van der Waals surface area (Å²) in [6.07, 6.45) is 10.7. The predicted molar refractivity (Wildman–Crippen MR) is 251 cm³/mol. The molecule has 0 unspecified atom stereocenters. The van der Waals surface area contributed by atoms with Gasteiger partial charge in [0.1, 0.15) is 23.3 Å². The van der Waals surface area contributed by atoms with Gasteiger partial charge < -0.3 is 18.0 Å². The average Bonchev–Trinajstić information content (AvgIpc) is 4.09. The van der Waals surface area contributed by atoms with Crippen LogP contribution in [0.5, 0.6) is 0 Å². The van der Waals surface area contributed by atoms with Gasteiger partial charge >= 0.3 is 0 Å². The third-order valence-corrected chi connectivity index (χ3v) is 14.6. The van der Waals surface area contributed by atoms with E-state index in [1.165, 1.54) is 12.8 Å². The van der Waals surface area contributed by atoms with E-state index < -0.39 is 0 Å². The van der Waals surface area contributed by atoms with Gasteiger partial charge in [0.25, 0.3) is 0 Å². The van der Waals surface area contributed by atoms with Crippen LogP contribution < -0.4 is 0 Å². The van der Waals surface area contributed by atoms with Gasteiger partial charge in [0.2, 0.25) is 0 Å². The van der Waals surface area contributed by atoms with Crippen LogP contribution in [-0.4, -0.2) is 9.13 Å². The van der Waals surface area contributed by atoms with Crippen LogP contribution in [0.3, 0.4) is 0 Å². The molecule has 0 aliphatic heterocycles. The van der Waals surface area contributed by atoms with Gasteiger partial charge in [0, 0.05) is 43.1 Å². The first-order chi connectivity index (χ1) is 30.7. The molecule has 0 spiro atoms. The van der Waals surface area contributed by atoms with E-state index in [2.05, 4.69) is 124 Å². The average molecular weight is 803 g/mol. The van der Waals surface area contributed by atoms with Crippen molar-refractivity contribution in [2.45, 2.75) is 76.0 Å². The number of nitrogens with zero attached hydrogens (tertiary/aromatic N) is 4. The molecule has 13 rings (SSSR count). The van der Waals surface area contributed by atoms with Crippen molar-refractivity contribution in [3.05, 3.63) is 144 Å². The van der Waals surface area contributed by atoms with Crippen LogP contribution in [0.1, 0.15) is 98.3 Å². The summed E-state index contributed by atoms with van der Waals surface area (Å²) >= 11 is 0. The SMILES string of the molecule is N#Cc1c(C2CCCCC2)c(-n2c3ccccc3c3ccc4c5ccccc5oc4c32)c(C2CCCCC2)c(C#N)c1-n1c2ccccc2c2ccc3c4ccccc4oc3c21. The molecule has 7 aromatic carbocycles. The number of furan rings is 2. The standard InChI is InChI=1S/C56H42N4O2/c57-31-43-49(33-15-3-1-4-16-33)54(60-46-24-12-8-20-36(46)40-28-30-42-38-22-10-14-26-48(38)62-56(42)53(40)60)50(34-17-5-2-6-18-34)44(32-58)51(43)59-45-23-11-7-19-35(45)39-27-29-41-37-21-9-13-25-47(37)61-55(41)52(39)59/h7-14,19-30,33-34H,1-6,15-18H2. The molecule has 298 valence electrons. The Morgan fingerprint density at radius 1 is 0.403 bits per heavy atom. The number of nitriles is 2. The summed E-state index contributed by atoms with van der Waals surface area (Å²) in [4.78, 5) is 0. The number of hydrogen-bond donors (Lipinski definition) is 0. The normalized spacial score (nSPS) is 15.6. The summed E-state index contributed by atoms with van der Waals surface area (Å²) in [6, 6.07) is 48.2. The zero-order chi connectivity index (χ0) is 41.1. The third kappa shape index (κ3) is 4.84. The number of aromatic nitrogens is 2. The molecular formula is C56H42N4O2. The lowest BCUT2D eigenvalue weighted by atomic mass is 9.74. The van der Waals surface area contributed by atoms with Crippen molar-refractivity contribution in [2.75, 3.05) is 0 Å². The van der Waals surface area contributed by atoms with E-state index >= 15 is 0 Å². The van der Waals surface area contributed by atoms with Crippen molar-refractivity contribution in [3.63, 3.8) is 0 Å². The highest BCUT2D eigenvalue weighted by molar-refractivity contribution is 6.23. The molecule has 0 atom stereocenters. The molecule has 11 aromatic rings. The summed E-state index contributed by atoms with van der Waals surface area (Å²) in [5.74, 6) is 0.236. The summed E-state index contributed by atoms with van der Waals surface area (Å²) in [6.45, 7) is 0. The van der Waals surface area contributed by atoms with Gasteiger partial charge in [0.05, 0.1) is 44.6 Å². The summed E-state index contributed by atoms with van der Waals surface area (Å²) in [5, 5.41) is 32.6. The maximum absolute atomic E-state index is 12.0. The minimum absolute atomic E-state index is 0.118. The molecule has 2 saturated carbocycles. The van der Waals surface area contributed by atoms with E-state index in [-0.39, 0.29) is 11.8 Å². The lowest BCUT2D eigenvalue weighted by molar-refractivity contribution is 0.433. The smallest absolute Gasteiger partial charge is 0.160 e. The van der Waals surface area contributed by atoms with Crippen LogP contribution in [0.4, 0.5) is 0 Å². The fraction of sp³-hybridized carbons (Fsp3) is 0.214. The van der Waals surface area contributed by atoms with Crippen LogP contribution >= 0.6 is 0 Å². The third-order valence-electron chi connectivity index (χ3n) is 14.6. The molecule has 0 radical (unpaired) electrons. The Morgan fingerprint density at radius 2 is 0.790 bits per heavy atom. The van der Waals surface area contributed by atoms with Gasteiger partial charge in [-0.15, -0.1) is 0 Å². The monoisotopic (exact) mass is 802 g/mol. The Labute approximate surface area is 357 Å². The highest BCUT2D eigenvalue weighted by Crippen LogP contribution is 2.52. The predicted octanol–water partition coefficient (Wildman–Crippen LogP) is 15.5. The first-order valence-corrected chi connectivity index (χ1v) is 22.4. The van der Waals surface area contributed by atoms with Crippen LogP contribution in [0.25, 0.3) is 98.9 Å². The Balaban J connectivity index is 1.27. The molecule has 2 fully saturated rings. The quantitative estimate of drug-likeness (QED) is 0.177. The molecule has 0 saturated heterocycles. The van der Waals surface area contributed by atoms with Crippen LogP contribution in [0.15, 0.2) is 130 Å². The van der Waals surface area contributed by atoms with Gasteiger partial charge in [-0.1, -0.05) is 123 Å². The second kappa shape index (κ2) is 13.6. The Hall–Kier alpha value is -7.28. The van der Waals surface area contributed by atoms with Gasteiger partial charge in [-0.05, 0) is 85.0 Å². The van der Waals surface area contributed by atoms with Crippen molar-refractivity contribution < 1.29 is 8.83 Å². The zero-order valence-corrected chi connectivity index (χ0v) is 34.4.